The molecule has 1 unspecified atom stereocenters. The predicted molar refractivity (Wildman–Crippen MR) is 126 cm³/mol. The maximum atomic E-state index is 13.8. The van der Waals surface area contributed by atoms with Crippen LogP contribution in [0.4, 0.5) is 15.8 Å². The Hall–Kier alpha value is -3.50. The molecule has 1 heterocycles. The maximum absolute atomic E-state index is 13.8. The van der Waals surface area contributed by atoms with Crippen LogP contribution < -0.4 is 21.7 Å². The van der Waals surface area contributed by atoms with Gasteiger partial charge in [-0.15, -0.1) is 0 Å². The SMILES string of the molecule is CCC(C(=O)NCc1ccccc1)N(C(=O)c1snc(C(N)=O)c1N)c1ccc(F)c(Cl)c1. The zero-order valence-corrected chi connectivity index (χ0v) is 19.1. The lowest BCUT2D eigenvalue weighted by atomic mass is 10.1. The van der Waals surface area contributed by atoms with Gasteiger partial charge in [0.2, 0.25) is 5.91 Å². The molecule has 0 fully saturated rings. The van der Waals surface area contributed by atoms with E-state index in [0.29, 0.717) is 11.5 Å². The Morgan fingerprint density at radius 1 is 1.21 bits per heavy atom. The molecular formula is C22H21ClFN5O3S. The van der Waals surface area contributed by atoms with Gasteiger partial charge in [0, 0.05) is 12.2 Å². The largest absolute Gasteiger partial charge is 0.395 e. The lowest BCUT2D eigenvalue weighted by Gasteiger charge is -2.30. The summed E-state index contributed by atoms with van der Waals surface area (Å²) in [6.07, 6.45) is 0.225. The lowest BCUT2D eigenvalue weighted by Crippen LogP contribution is -2.49. The van der Waals surface area contributed by atoms with E-state index in [1.54, 1.807) is 6.92 Å². The Balaban J connectivity index is 1.99. The number of nitrogen functional groups attached to an aromatic ring is 1. The number of carbonyl (C=O) groups excluding carboxylic acids is 3. The van der Waals surface area contributed by atoms with Crippen molar-refractivity contribution in [3.05, 3.63) is 75.5 Å². The highest BCUT2D eigenvalue weighted by atomic mass is 35.5. The van der Waals surface area contributed by atoms with Crippen molar-refractivity contribution in [1.82, 2.24) is 9.69 Å². The summed E-state index contributed by atoms with van der Waals surface area (Å²) in [4.78, 5) is 39.3. The molecule has 33 heavy (non-hydrogen) atoms. The van der Waals surface area contributed by atoms with Crippen molar-refractivity contribution in [3.63, 3.8) is 0 Å². The van der Waals surface area contributed by atoms with Crippen molar-refractivity contribution < 1.29 is 18.8 Å². The molecule has 0 saturated heterocycles. The Bertz CT molecular complexity index is 1190. The summed E-state index contributed by atoms with van der Waals surface area (Å²) in [5.74, 6) is -2.69. The molecule has 5 N–H and O–H groups in total. The topological polar surface area (TPSA) is 131 Å². The highest BCUT2D eigenvalue weighted by molar-refractivity contribution is 7.09. The molecule has 11 heteroatoms. The first kappa shape index (κ1) is 24.1. The predicted octanol–water partition coefficient (Wildman–Crippen LogP) is 3.36. The number of primary amides is 1. The molecule has 0 bridgehead atoms. The maximum Gasteiger partial charge on any atom is 0.272 e. The van der Waals surface area contributed by atoms with E-state index in [1.165, 1.54) is 17.0 Å². The van der Waals surface area contributed by atoms with Crippen molar-refractivity contribution in [2.45, 2.75) is 25.9 Å². The Labute approximate surface area is 198 Å². The summed E-state index contributed by atoms with van der Waals surface area (Å²) < 4.78 is 17.7. The fourth-order valence-electron chi connectivity index (χ4n) is 3.20. The first-order valence-electron chi connectivity index (χ1n) is 9.89. The number of halogens is 2. The smallest absolute Gasteiger partial charge is 0.272 e. The van der Waals surface area contributed by atoms with Crippen LogP contribution in [0.25, 0.3) is 0 Å². The standard InChI is InChI=1S/C22H21ClFN5O3S/c1-2-16(21(31)27-11-12-6-4-3-5-7-12)29(13-8-9-15(24)14(23)10-13)22(32)19-17(25)18(20(26)30)28-33-19/h3-10,16H,2,11,25H2,1H3,(H2,26,30)(H,27,31). The highest BCUT2D eigenvalue weighted by Gasteiger charge is 2.34. The minimum Gasteiger partial charge on any atom is -0.395 e. The van der Waals surface area contributed by atoms with E-state index in [4.69, 9.17) is 23.1 Å². The molecule has 0 aliphatic rings. The molecule has 0 aliphatic carbocycles. The normalized spacial score (nSPS) is 11.6. The number of carbonyl (C=O) groups is 3. The average molecular weight is 490 g/mol. The highest BCUT2D eigenvalue weighted by Crippen LogP contribution is 2.30. The second kappa shape index (κ2) is 10.4. The molecule has 0 saturated carbocycles. The number of rotatable bonds is 8. The van der Waals surface area contributed by atoms with Gasteiger partial charge in [-0.25, -0.2) is 4.39 Å². The molecule has 0 radical (unpaired) electrons. The van der Waals surface area contributed by atoms with E-state index in [0.717, 1.165) is 11.6 Å². The van der Waals surface area contributed by atoms with E-state index < -0.39 is 29.6 Å². The van der Waals surface area contributed by atoms with Gasteiger partial charge in [-0.3, -0.25) is 19.3 Å². The minimum atomic E-state index is -0.985. The number of amides is 3. The third kappa shape index (κ3) is 5.29. The molecule has 0 aliphatic heterocycles. The molecule has 3 amide bonds. The Morgan fingerprint density at radius 2 is 1.91 bits per heavy atom. The summed E-state index contributed by atoms with van der Waals surface area (Å²) in [7, 11) is 0. The number of nitrogens with zero attached hydrogens (tertiary/aromatic N) is 2. The van der Waals surface area contributed by atoms with Gasteiger partial charge in [0.05, 0.1) is 10.7 Å². The molecule has 3 aromatic rings. The average Bonchev–Trinajstić information content (AvgIpc) is 3.19. The fraction of sp³-hybridized carbons (Fsp3) is 0.182. The van der Waals surface area contributed by atoms with E-state index >= 15 is 0 Å². The molecule has 1 aromatic heterocycles. The van der Waals surface area contributed by atoms with Gasteiger partial charge < -0.3 is 16.8 Å². The van der Waals surface area contributed by atoms with Crippen LogP contribution in [0.15, 0.2) is 48.5 Å². The quantitative estimate of drug-likeness (QED) is 0.446. The second-order valence-electron chi connectivity index (χ2n) is 7.04. The molecule has 1 atom stereocenters. The molecule has 2 aromatic carbocycles. The van der Waals surface area contributed by atoms with E-state index in [1.807, 2.05) is 30.3 Å². The number of hydrogen-bond acceptors (Lipinski definition) is 6. The third-order valence-electron chi connectivity index (χ3n) is 4.87. The summed E-state index contributed by atoms with van der Waals surface area (Å²) in [5.41, 5.74) is 11.8. The van der Waals surface area contributed by atoms with E-state index in [-0.39, 0.29) is 39.9 Å². The zero-order chi connectivity index (χ0) is 24.1. The number of nitrogens with one attached hydrogen (secondary N) is 1. The van der Waals surface area contributed by atoms with Crippen LogP contribution >= 0.6 is 23.1 Å². The monoisotopic (exact) mass is 489 g/mol. The van der Waals surface area contributed by atoms with Crippen LogP contribution in [0.3, 0.4) is 0 Å². The van der Waals surface area contributed by atoms with E-state index in [2.05, 4.69) is 9.69 Å². The van der Waals surface area contributed by atoms with Gasteiger partial charge in [0.25, 0.3) is 11.8 Å². The first-order chi connectivity index (χ1) is 15.7. The summed E-state index contributed by atoms with van der Waals surface area (Å²) in [5, 5.41) is 2.59. The van der Waals surface area contributed by atoms with E-state index in [9.17, 15) is 18.8 Å². The van der Waals surface area contributed by atoms with Crippen LogP contribution in [0.2, 0.25) is 5.02 Å². The zero-order valence-electron chi connectivity index (χ0n) is 17.5. The summed E-state index contributed by atoms with van der Waals surface area (Å²) in [6.45, 7) is 1.97. The van der Waals surface area contributed by atoms with Crippen LogP contribution in [-0.4, -0.2) is 28.1 Å². The van der Waals surface area contributed by atoms with Gasteiger partial charge >= 0.3 is 0 Å². The number of benzene rings is 2. The van der Waals surface area contributed by atoms with Crippen LogP contribution in [-0.2, 0) is 11.3 Å². The van der Waals surface area contributed by atoms with Crippen molar-refractivity contribution in [3.8, 4) is 0 Å². The lowest BCUT2D eigenvalue weighted by molar-refractivity contribution is -0.122. The van der Waals surface area contributed by atoms with Crippen LogP contribution in [0.5, 0.6) is 0 Å². The number of nitrogens with two attached hydrogens (primary N) is 2. The fourth-order valence-corrected chi connectivity index (χ4v) is 4.12. The van der Waals surface area contributed by atoms with Crippen molar-refractivity contribution in [2.24, 2.45) is 5.73 Å². The second-order valence-corrected chi connectivity index (χ2v) is 8.22. The van der Waals surface area contributed by atoms with Gasteiger partial charge in [0.15, 0.2) is 5.69 Å². The van der Waals surface area contributed by atoms with Gasteiger partial charge in [-0.2, -0.15) is 4.37 Å². The summed E-state index contributed by atoms with van der Waals surface area (Å²) >= 11 is 6.63. The first-order valence-corrected chi connectivity index (χ1v) is 11.0. The molecule has 172 valence electrons. The van der Waals surface area contributed by atoms with Gasteiger partial charge in [-0.1, -0.05) is 48.9 Å². The van der Waals surface area contributed by atoms with Crippen molar-refractivity contribution in [1.29, 1.82) is 0 Å². The third-order valence-corrected chi connectivity index (χ3v) is 6.01. The Morgan fingerprint density at radius 3 is 2.48 bits per heavy atom. The van der Waals surface area contributed by atoms with Gasteiger partial charge in [0.1, 0.15) is 16.7 Å². The van der Waals surface area contributed by atoms with Gasteiger partial charge in [-0.05, 0) is 41.7 Å². The summed E-state index contributed by atoms with van der Waals surface area (Å²) in [6, 6.07) is 11.9. The molecular weight excluding hydrogens is 469 g/mol. The van der Waals surface area contributed by atoms with Crippen molar-refractivity contribution >= 4 is 52.2 Å². The molecule has 8 nitrogen and oxygen atoms in total. The molecule has 0 spiro atoms. The van der Waals surface area contributed by atoms with Crippen LogP contribution in [0, 0.1) is 5.82 Å². The number of hydrogen-bond donors (Lipinski definition) is 3. The number of anilines is 2. The Kier molecular flexibility index (Phi) is 7.62. The van der Waals surface area contributed by atoms with Crippen molar-refractivity contribution in [2.75, 3.05) is 10.6 Å². The van der Waals surface area contributed by atoms with Crippen LogP contribution in [0.1, 0.15) is 39.1 Å². The number of aromatic nitrogens is 1. The minimum absolute atomic E-state index is 0.0708. The molecule has 3 rings (SSSR count).